The van der Waals surface area contributed by atoms with Crippen LogP contribution in [-0.4, -0.2) is 23.2 Å². The second-order valence-corrected chi connectivity index (χ2v) is 6.68. The van der Waals surface area contributed by atoms with Crippen LogP contribution in [0.25, 0.3) is 16.8 Å². The fourth-order valence-corrected chi connectivity index (χ4v) is 3.02. The number of carbonyl (C=O) groups excluding carboxylic acids is 1. The highest BCUT2D eigenvalue weighted by molar-refractivity contribution is 9.10. The van der Waals surface area contributed by atoms with Gasteiger partial charge < -0.3 is 14.0 Å². The zero-order valence-corrected chi connectivity index (χ0v) is 15.5. The molecule has 0 spiro atoms. The Morgan fingerprint density at radius 3 is 3.04 bits per heavy atom. The molecule has 25 heavy (non-hydrogen) atoms. The Kier molecular flexibility index (Phi) is 5.62. The largest absolute Gasteiger partial charge is 0.496 e. The lowest BCUT2D eigenvalue weighted by Gasteiger charge is -2.04. The summed E-state index contributed by atoms with van der Waals surface area (Å²) in [5.74, 6) is 0.864. The molecular formula is C17H13BrN2O4S. The molecule has 0 atom stereocenters. The molecule has 6 nitrogen and oxygen atoms in total. The predicted octanol–water partition coefficient (Wildman–Crippen LogP) is 4.33. The van der Waals surface area contributed by atoms with Gasteiger partial charge in [0.05, 0.1) is 12.0 Å². The van der Waals surface area contributed by atoms with Gasteiger partial charge in [0.2, 0.25) is 5.82 Å². The van der Waals surface area contributed by atoms with Crippen molar-refractivity contribution < 1.29 is 18.8 Å². The van der Waals surface area contributed by atoms with Gasteiger partial charge in [-0.1, -0.05) is 27.2 Å². The van der Waals surface area contributed by atoms with Gasteiger partial charge in [0.25, 0.3) is 5.89 Å². The Bertz CT molecular complexity index is 890. The van der Waals surface area contributed by atoms with E-state index in [2.05, 4.69) is 26.1 Å². The Labute approximate surface area is 156 Å². The number of carbonyl (C=O) groups is 1. The first-order chi connectivity index (χ1) is 12.2. The van der Waals surface area contributed by atoms with E-state index in [9.17, 15) is 4.79 Å². The lowest BCUT2D eigenvalue weighted by atomic mass is 10.2. The second kappa shape index (κ2) is 8.09. The summed E-state index contributed by atoms with van der Waals surface area (Å²) in [6.45, 7) is -0.0861. The third kappa shape index (κ3) is 4.55. The number of aromatic nitrogens is 2. The molecule has 2 heterocycles. The van der Waals surface area contributed by atoms with E-state index in [-0.39, 0.29) is 12.5 Å². The molecule has 0 N–H and O–H groups in total. The highest BCUT2D eigenvalue weighted by Crippen LogP contribution is 2.24. The molecule has 0 aliphatic heterocycles. The lowest BCUT2D eigenvalue weighted by molar-refractivity contribution is -0.139. The van der Waals surface area contributed by atoms with Gasteiger partial charge in [-0.25, -0.2) is 4.79 Å². The van der Waals surface area contributed by atoms with Crippen molar-refractivity contribution in [3.8, 4) is 16.5 Å². The van der Waals surface area contributed by atoms with Crippen molar-refractivity contribution in [3.05, 3.63) is 57.7 Å². The van der Waals surface area contributed by atoms with Gasteiger partial charge >= 0.3 is 5.97 Å². The van der Waals surface area contributed by atoms with Gasteiger partial charge in [-0.05, 0) is 35.7 Å². The summed E-state index contributed by atoms with van der Waals surface area (Å²) in [5, 5.41) is 5.78. The molecule has 0 saturated carbocycles. The molecule has 3 aromatic rings. The SMILES string of the molecule is COc1ccc(Br)cc1/C=C/C(=O)OCc1nc(-c2cccs2)no1. The smallest absolute Gasteiger partial charge is 0.331 e. The number of rotatable bonds is 6. The van der Waals surface area contributed by atoms with Gasteiger partial charge in [0, 0.05) is 16.1 Å². The summed E-state index contributed by atoms with van der Waals surface area (Å²) in [6, 6.07) is 9.29. The molecule has 0 bridgehead atoms. The molecule has 0 unspecified atom stereocenters. The zero-order valence-electron chi connectivity index (χ0n) is 13.1. The Morgan fingerprint density at radius 2 is 2.28 bits per heavy atom. The molecule has 0 radical (unpaired) electrons. The Balaban J connectivity index is 1.59. The molecule has 128 valence electrons. The summed E-state index contributed by atoms with van der Waals surface area (Å²) in [4.78, 5) is 16.9. The average Bonchev–Trinajstić information content (AvgIpc) is 3.29. The quantitative estimate of drug-likeness (QED) is 0.436. The lowest BCUT2D eigenvalue weighted by Crippen LogP contribution is -2.01. The van der Waals surface area contributed by atoms with Crippen molar-refractivity contribution in [2.75, 3.05) is 7.11 Å². The number of ether oxygens (including phenoxy) is 2. The first-order valence-electron chi connectivity index (χ1n) is 7.20. The predicted molar refractivity (Wildman–Crippen MR) is 97.1 cm³/mol. The summed E-state index contributed by atoms with van der Waals surface area (Å²) >= 11 is 4.88. The van der Waals surface area contributed by atoms with Gasteiger partial charge in [0.1, 0.15) is 5.75 Å². The first-order valence-corrected chi connectivity index (χ1v) is 8.88. The summed E-state index contributed by atoms with van der Waals surface area (Å²) in [7, 11) is 1.57. The number of hydrogen-bond acceptors (Lipinski definition) is 7. The van der Waals surface area contributed by atoms with Crippen LogP contribution < -0.4 is 4.74 Å². The molecule has 3 rings (SSSR count). The Hall–Kier alpha value is -2.45. The van der Waals surface area contributed by atoms with E-state index >= 15 is 0 Å². The average molecular weight is 421 g/mol. The van der Waals surface area contributed by atoms with Crippen LogP contribution in [-0.2, 0) is 16.1 Å². The number of halogens is 1. The highest BCUT2D eigenvalue weighted by Gasteiger charge is 2.11. The van der Waals surface area contributed by atoms with E-state index in [0.29, 0.717) is 11.6 Å². The van der Waals surface area contributed by atoms with Gasteiger partial charge in [-0.2, -0.15) is 4.98 Å². The molecule has 0 aliphatic rings. The minimum atomic E-state index is -0.516. The number of thiophene rings is 1. The molecular weight excluding hydrogens is 408 g/mol. The molecule has 0 fully saturated rings. The van der Waals surface area contributed by atoms with Crippen molar-refractivity contribution >= 4 is 39.3 Å². The minimum absolute atomic E-state index is 0.0861. The van der Waals surface area contributed by atoms with Crippen molar-refractivity contribution in [1.82, 2.24) is 10.1 Å². The first kappa shape index (κ1) is 17.4. The highest BCUT2D eigenvalue weighted by atomic mass is 79.9. The molecule has 2 aromatic heterocycles. The fraction of sp³-hybridized carbons (Fsp3) is 0.118. The van der Waals surface area contributed by atoms with Crippen LogP contribution in [0.15, 0.2) is 50.8 Å². The van der Waals surface area contributed by atoms with Crippen LogP contribution in [0.1, 0.15) is 11.5 Å². The van der Waals surface area contributed by atoms with E-state index in [1.165, 1.54) is 17.4 Å². The third-order valence-electron chi connectivity index (χ3n) is 3.14. The van der Waals surface area contributed by atoms with E-state index in [4.69, 9.17) is 14.0 Å². The van der Waals surface area contributed by atoms with Gasteiger partial charge in [-0.15, -0.1) is 11.3 Å². The van der Waals surface area contributed by atoms with Crippen LogP contribution in [0.5, 0.6) is 5.75 Å². The van der Waals surface area contributed by atoms with Gasteiger partial charge in [0.15, 0.2) is 6.61 Å². The number of esters is 1. The number of nitrogens with zero attached hydrogens (tertiary/aromatic N) is 2. The van der Waals surface area contributed by atoms with E-state index in [1.807, 2.05) is 29.6 Å². The van der Waals surface area contributed by atoms with Crippen molar-refractivity contribution in [2.45, 2.75) is 6.61 Å². The standard InChI is InChI=1S/C17H13BrN2O4S/c1-22-13-6-5-12(18)9-11(13)4-7-16(21)23-10-15-19-17(20-24-15)14-3-2-8-25-14/h2-9H,10H2,1H3/b7-4+. The molecule has 0 amide bonds. The maximum Gasteiger partial charge on any atom is 0.331 e. The normalized spacial score (nSPS) is 11.0. The summed E-state index contributed by atoms with van der Waals surface area (Å²) in [5.41, 5.74) is 0.756. The van der Waals surface area contributed by atoms with E-state index in [0.717, 1.165) is 14.9 Å². The maximum absolute atomic E-state index is 11.9. The number of hydrogen-bond donors (Lipinski definition) is 0. The maximum atomic E-state index is 11.9. The second-order valence-electron chi connectivity index (χ2n) is 4.82. The molecule has 8 heteroatoms. The number of benzene rings is 1. The molecule has 1 aromatic carbocycles. The van der Waals surface area contributed by atoms with Crippen LogP contribution >= 0.6 is 27.3 Å². The summed E-state index contributed by atoms with van der Waals surface area (Å²) in [6.07, 6.45) is 2.94. The fourth-order valence-electron chi connectivity index (χ4n) is 1.99. The molecule has 0 aliphatic carbocycles. The monoisotopic (exact) mass is 420 g/mol. The van der Waals surface area contributed by atoms with Crippen molar-refractivity contribution in [3.63, 3.8) is 0 Å². The minimum Gasteiger partial charge on any atom is -0.496 e. The topological polar surface area (TPSA) is 74.5 Å². The van der Waals surface area contributed by atoms with Crippen molar-refractivity contribution in [2.24, 2.45) is 0 Å². The van der Waals surface area contributed by atoms with Crippen LogP contribution in [0.2, 0.25) is 0 Å². The summed E-state index contributed by atoms with van der Waals surface area (Å²) < 4.78 is 16.3. The third-order valence-corrected chi connectivity index (χ3v) is 4.50. The molecule has 0 saturated heterocycles. The van der Waals surface area contributed by atoms with E-state index in [1.54, 1.807) is 19.3 Å². The zero-order chi connectivity index (χ0) is 17.6. The van der Waals surface area contributed by atoms with Crippen molar-refractivity contribution in [1.29, 1.82) is 0 Å². The van der Waals surface area contributed by atoms with Crippen LogP contribution in [0, 0.1) is 0 Å². The Morgan fingerprint density at radius 1 is 1.40 bits per heavy atom. The van der Waals surface area contributed by atoms with Crippen LogP contribution in [0.3, 0.4) is 0 Å². The number of methoxy groups -OCH3 is 1. The van der Waals surface area contributed by atoms with Gasteiger partial charge in [-0.3, -0.25) is 0 Å². The van der Waals surface area contributed by atoms with Crippen LogP contribution in [0.4, 0.5) is 0 Å². The van der Waals surface area contributed by atoms with E-state index < -0.39 is 5.97 Å².